The first kappa shape index (κ1) is 14.3. The first-order valence-electron chi connectivity index (χ1n) is 5.29. The molecule has 0 aliphatic rings. The second kappa shape index (κ2) is 5.88. The Hall–Kier alpha value is -1.14. The van der Waals surface area contributed by atoms with Gasteiger partial charge in [-0.1, -0.05) is 12.1 Å². The highest BCUT2D eigenvalue weighted by Crippen LogP contribution is 2.30. The smallest absolute Gasteiger partial charge is 0.145 e. The maximum atomic E-state index is 13.4. The second-order valence-corrected chi connectivity index (χ2v) is 5.45. The number of nitrogen functional groups attached to an aromatic ring is 1. The molecule has 0 unspecified atom stereocenters. The fourth-order valence-electron chi connectivity index (χ4n) is 1.48. The molecule has 0 radical (unpaired) electrons. The molecule has 100 valence electrons. The molecule has 2 N–H and O–H groups in total. The zero-order chi connectivity index (χ0) is 14.0. The monoisotopic (exact) mass is 391 g/mol. The first-order chi connectivity index (χ1) is 8.99. The number of ether oxygens (including phenoxy) is 1. The fourth-order valence-corrected chi connectivity index (χ4v) is 2.22. The largest absolute Gasteiger partial charge is 0.487 e. The minimum atomic E-state index is -0.470. The van der Waals surface area contributed by atoms with Gasteiger partial charge in [-0.2, -0.15) is 0 Å². The number of halogens is 4. The van der Waals surface area contributed by atoms with Crippen molar-refractivity contribution in [3.8, 4) is 5.75 Å². The predicted octanol–water partition coefficient (Wildman–Crippen LogP) is 4.65. The second-order valence-electron chi connectivity index (χ2n) is 3.81. The summed E-state index contributed by atoms with van der Waals surface area (Å²) in [4.78, 5) is 0. The molecule has 0 saturated carbocycles. The highest BCUT2D eigenvalue weighted by atomic mass is 79.9. The zero-order valence-electron chi connectivity index (χ0n) is 9.59. The summed E-state index contributed by atoms with van der Waals surface area (Å²) in [5.41, 5.74) is 6.63. The highest BCUT2D eigenvalue weighted by molar-refractivity contribution is 9.10. The van der Waals surface area contributed by atoms with Crippen LogP contribution in [0.25, 0.3) is 0 Å². The van der Waals surface area contributed by atoms with E-state index in [1.807, 2.05) is 0 Å². The molecule has 0 aromatic heterocycles. The molecule has 0 saturated heterocycles. The molecule has 0 aliphatic carbocycles. The van der Waals surface area contributed by atoms with Crippen molar-refractivity contribution in [2.45, 2.75) is 6.61 Å². The molecule has 0 bridgehead atoms. The minimum absolute atomic E-state index is 0.0869. The lowest BCUT2D eigenvalue weighted by Crippen LogP contribution is -2.01. The van der Waals surface area contributed by atoms with Crippen LogP contribution in [0.4, 0.5) is 14.5 Å². The molecule has 0 heterocycles. The van der Waals surface area contributed by atoms with Gasteiger partial charge in [0.25, 0.3) is 0 Å². The number of hydrogen-bond acceptors (Lipinski definition) is 2. The summed E-state index contributed by atoms with van der Waals surface area (Å²) in [5, 5.41) is 0. The Labute approximate surface area is 125 Å². The van der Waals surface area contributed by atoms with Crippen molar-refractivity contribution in [1.82, 2.24) is 0 Å². The van der Waals surface area contributed by atoms with Crippen LogP contribution >= 0.6 is 31.9 Å². The van der Waals surface area contributed by atoms with Crippen molar-refractivity contribution < 1.29 is 13.5 Å². The summed E-state index contributed by atoms with van der Waals surface area (Å²) in [6.45, 7) is 0.0869. The lowest BCUT2D eigenvalue weighted by molar-refractivity contribution is 0.304. The molecule has 0 atom stereocenters. The molecule has 2 nitrogen and oxygen atoms in total. The van der Waals surface area contributed by atoms with Gasteiger partial charge < -0.3 is 10.5 Å². The Balaban J connectivity index is 2.19. The number of anilines is 1. The maximum Gasteiger partial charge on any atom is 0.145 e. The number of rotatable bonds is 3. The van der Waals surface area contributed by atoms with E-state index < -0.39 is 5.82 Å². The normalized spacial score (nSPS) is 10.5. The summed E-state index contributed by atoms with van der Waals surface area (Å²) in [7, 11) is 0. The predicted molar refractivity (Wildman–Crippen MR) is 76.9 cm³/mol. The average molecular weight is 393 g/mol. The van der Waals surface area contributed by atoms with Crippen molar-refractivity contribution in [1.29, 1.82) is 0 Å². The van der Waals surface area contributed by atoms with Crippen LogP contribution in [0.1, 0.15) is 5.56 Å². The van der Waals surface area contributed by atoms with Crippen LogP contribution in [0.5, 0.6) is 5.75 Å². The Morgan fingerprint density at radius 1 is 1.11 bits per heavy atom. The van der Waals surface area contributed by atoms with E-state index in [0.29, 0.717) is 15.7 Å². The zero-order valence-corrected chi connectivity index (χ0v) is 12.8. The van der Waals surface area contributed by atoms with Crippen molar-refractivity contribution >= 4 is 37.5 Å². The van der Waals surface area contributed by atoms with Gasteiger partial charge in [-0.25, -0.2) is 8.78 Å². The van der Waals surface area contributed by atoms with Gasteiger partial charge in [-0.15, -0.1) is 0 Å². The summed E-state index contributed by atoms with van der Waals surface area (Å²) in [5.74, 6) is -0.629. The number of hydrogen-bond donors (Lipinski definition) is 1. The Morgan fingerprint density at radius 3 is 2.58 bits per heavy atom. The highest BCUT2D eigenvalue weighted by Gasteiger charge is 2.09. The van der Waals surface area contributed by atoms with Crippen LogP contribution in [-0.2, 0) is 6.61 Å². The molecule has 0 spiro atoms. The molecule has 0 fully saturated rings. The lowest BCUT2D eigenvalue weighted by Gasteiger charge is -2.11. The SMILES string of the molecule is Nc1cc(Br)c(F)cc1OCc1cccc(F)c1Br. The molecule has 19 heavy (non-hydrogen) atoms. The van der Waals surface area contributed by atoms with Crippen LogP contribution in [0.15, 0.2) is 39.3 Å². The summed E-state index contributed by atoms with van der Waals surface area (Å²) < 4.78 is 32.7. The van der Waals surface area contributed by atoms with E-state index in [1.165, 1.54) is 18.2 Å². The minimum Gasteiger partial charge on any atom is -0.487 e. The Morgan fingerprint density at radius 2 is 1.84 bits per heavy atom. The molecule has 2 aromatic rings. The topological polar surface area (TPSA) is 35.2 Å². The molecule has 2 aromatic carbocycles. The Kier molecular flexibility index (Phi) is 4.42. The van der Waals surface area contributed by atoms with E-state index in [9.17, 15) is 8.78 Å². The van der Waals surface area contributed by atoms with Gasteiger partial charge in [0.1, 0.15) is 24.0 Å². The van der Waals surface area contributed by atoms with E-state index in [2.05, 4.69) is 31.9 Å². The van der Waals surface area contributed by atoms with Crippen molar-refractivity contribution in [2.24, 2.45) is 0 Å². The van der Waals surface area contributed by atoms with E-state index in [0.717, 1.165) is 0 Å². The summed E-state index contributed by atoms with van der Waals surface area (Å²) in [6.07, 6.45) is 0. The van der Waals surface area contributed by atoms with Crippen LogP contribution in [0.3, 0.4) is 0 Å². The van der Waals surface area contributed by atoms with E-state index in [4.69, 9.17) is 10.5 Å². The van der Waals surface area contributed by atoms with Crippen molar-refractivity contribution in [2.75, 3.05) is 5.73 Å². The molecule has 0 aliphatic heterocycles. The van der Waals surface area contributed by atoms with Crippen molar-refractivity contribution in [3.05, 3.63) is 56.5 Å². The van der Waals surface area contributed by atoms with Crippen LogP contribution < -0.4 is 10.5 Å². The third-order valence-electron chi connectivity index (χ3n) is 2.47. The maximum absolute atomic E-state index is 13.4. The quantitative estimate of drug-likeness (QED) is 0.771. The number of nitrogens with two attached hydrogens (primary N) is 1. The molecule has 0 amide bonds. The van der Waals surface area contributed by atoms with Crippen molar-refractivity contribution in [3.63, 3.8) is 0 Å². The molecular formula is C13H9Br2F2NO. The van der Waals surface area contributed by atoms with Crippen LogP contribution in [0.2, 0.25) is 0 Å². The van der Waals surface area contributed by atoms with Gasteiger partial charge in [0, 0.05) is 11.6 Å². The molecule has 6 heteroatoms. The van der Waals surface area contributed by atoms with Gasteiger partial charge in [0.05, 0.1) is 14.6 Å². The standard InChI is InChI=1S/C13H9Br2F2NO/c14-8-4-11(18)12(5-10(8)17)19-6-7-2-1-3-9(16)13(7)15/h1-5H,6,18H2. The number of benzene rings is 2. The lowest BCUT2D eigenvalue weighted by atomic mass is 10.2. The van der Waals surface area contributed by atoms with Crippen LogP contribution in [0, 0.1) is 11.6 Å². The van der Waals surface area contributed by atoms with E-state index >= 15 is 0 Å². The van der Waals surface area contributed by atoms with Gasteiger partial charge in [-0.05, 0) is 44.0 Å². The van der Waals surface area contributed by atoms with E-state index in [1.54, 1.807) is 12.1 Å². The summed E-state index contributed by atoms with van der Waals surface area (Å²) >= 11 is 6.16. The first-order valence-corrected chi connectivity index (χ1v) is 6.88. The van der Waals surface area contributed by atoms with E-state index in [-0.39, 0.29) is 22.6 Å². The van der Waals surface area contributed by atoms with Gasteiger partial charge in [0.15, 0.2) is 0 Å². The van der Waals surface area contributed by atoms with Gasteiger partial charge in [0.2, 0.25) is 0 Å². The Bertz CT molecular complexity index is 620. The average Bonchev–Trinajstić information content (AvgIpc) is 2.37. The summed E-state index contributed by atoms with van der Waals surface area (Å²) in [6, 6.07) is 7.22. The van der Waals surface area contributed by atoms with Gasteiger partial charge in [-0.3, -0.25) is 0 Å². The van der Waals surface area contributed by atoms with Crippen LogP contribution in [-0.4, -0.2) is 0 Å². The molecular weight excluding hydrogens is 384 g/mol. The molecule has 2 rings (SSSR count). The van der Waals surface area contributed by atoms with Gasteiger partial charge >= 0.3 is 0 Å². The fraction of sp³-hybridized carbons (Fsp3) is 0.0769. The third-order valence-corrected chi connectivity index (χ3v) is 3.96. The third kappa shape index (κ3) is 3.25.